The van der Waals surface area contributed by atoms with E-state index in [1.54, 1.807) is 12.1 Å². The van der Waals surface area contributed by atoms with E-state index in [2.05, 4.69) is 27.2 Å². The summed E-state index contributed by atoms with van der Waals surface area (Å²) in [5.41, 5.74) is 3.64. The first kappa shape index (κ1) is 19.6. The third kappa shape index (κ3) is 3.83. The summed E-state index contributed by atoms with van der Waals surface area (Å²) in [6, 6.07) is 16.0. The van der Waals surface area contributed by atoms with Crippen LogP contribution in [0.3, 0.4) is 0 Å². The van der Waals surface area contributed by atoms with Crippen molar-refractivity contribution < 1.29 is 9.18 Å². The highest BCUT2D eigenvalue weighted by atomic mass is 19.1. The van der Waals surface area contributed by atoms with Gasteiger partial charge in [0.25, 0.3) is 0 Å². The van der Waals surface area contributed by atoms with E-state index in [-0.39, 0.29) is 23.9 Å². The molecule has 3 aliphatic heterocycles. The molecule has 2 fully saturated rings. The summed E-state index contributed by atoms with van der Waals surface area (Å²) in [5.74, 6) is 0.363. The van der Waals surface area contributed by atoms with Gasteiger partial charge in [0.2, 0.25) is 0 Å². The van der Waals surface area contributed by atoms with Crippen molar-refractivity contribution in [3.63, 3.8) is 0 Å². The van der Waals surface area contributed by atoms with Crippen LogP contribution in [-0.4, -0.2) is 48.1 Å². The zero-order valence-electron chi connectivity index (χ0n) is 17.4. The van der Waals surface area contributed by atoms with Gasteiger partial charge in [-0.1, -0.05) is 36.4 Å². The van der Waals surface area contributed by atoms with E-state index in [9.17, 15) is 9.18 Å². The molecule has 5 heteroatoms. The van der Waals surface area contributed by atoms with Gasteiger partial charge < -0.3 is 10.2 Å². The van der Waals surface area contributed by atoms with Crippen LogP contribution in [0.15, 0.2) is 48.5 Å². The molecule has 0 bridgehead atoms. The van der Waals surface area contributed by atoms with Gasteiger partial charge >= 0.3 is 6.03 Å². The summed E-state index contributed by atoms with van der Waals surface area (Å²) in [6.07, 6.45) is 4.99. The first-order valence-corrected chi connectivity index (χ1v) is 11.3. The molecular weight excluding hydrogens is 377 g/mol. The molecule has 0 unspecified atom stereocenters. The van der Waals surface area contributed by atoms with Gasteiger partial charge in [-0.15, -0.1) is 0 Å². The minimum atomic E-state index is -0.156. The van der Waals surface area contributed by atoms with Gasteiger partial charge in [0.05, 0.1) is 0 Å². The second-order valence-corrected chi connectivity index (χ2v) is 8.97. The fourth-order valence-electron chi connectivity index (χ4n) is 5.73. The van der Waals surface area contributed by atoms with Crippen LogP contribution in [0.2, 0.25) is 0 Å². The Hall–Kier alpha value is -2.40. The van der Waals surface area contributed by atoms with Crippen molar-refractivity contribution in [2.45, 2.75) is 44.2 Å². The number of amides is 2. The molecule has 0 spiro atoms. The van der Waals surface area contributed by atoms with Gasteiger partial charge in [-0.2, -0.15) is 0 Å². The highest BCUT2D eigenvalue weighted by Gasteiger charge is 2.43. The Morgan fingerprint density at radius 1 is 1.13 bits per heavy atom. The predicted octanol–water partition coefficient (Wildman–Crippen LogP) is 4.16. The van der Waals surface area contributed by atoms with E-state index in [0.29, 0.717) is 12.5 Å². The number of carbonyl (C=O) groups is 1. The number of rotatable bonds is 3. The maximum atomic E-state index is 14.0. The van der Waals surface area contributed by atoms with Crippen molar-refractivity contribution >= 4 is 6.03 Å². The molecule has 30 heavy (non-hydrogen) atoms. The molecule has 2 saturated heterocycles. The van der Waals surface area contributed by atoms with E-state index in [1.807, 2.05) is 24.3 Å². The number of carbonyl (C=O) groups excluding carboxylic acids is 1. The molecule has 2 aromatic rings. The topological polar surface area (TPSA) is 35.6 Å². The van der Waals surface area contributed by atoms with Crippen LogP contribution >= 0.6 is 0 Å². The Balaban J connectivity index is 1.28. The fraction of sp³-hybridized carbons (Fsp3) is 0.480. The molecule has 3 atom stereocenters. The molecule has 0 radical (unpaired) electrons. The summed E-state index contributed by atoms with van der Waals surface area (Å²) in [6.45, 7) is 3.52. The van der Waals surface area contributed by atoms with Gasteiger partial charge in [0.1, 0.15) is 5.82 Å². The molecule has 158 valence electrons. The maximum absolute atomic E-state index is 14.0. The number of hydrogen-bond acceptors (Lipinski definition) is 2. The lowest BCUT2D eigenvalue weighted by atomic mass is 9.76. The second kappa shape index (κ2) is 8.38. The molecule has 4 nitrogen and oxygen atoms in total. The largest absolute Gasteiger partial charge is 0.338 e. The molecule has 5 rings (SSSR count). The Morgan fingerprint density at radius 2 is 2.00 bits per heavy atom. The third-order valence-corrected chi connectivity index (χ3v) is 7.22. The Kier molecular flexibility index (Phi) is 5.47. The predicted molar refractivity (Wildman–Crippen MR) is 116 cm³/mol. The monoisotopic (exact) mass is 407 g/mol. The first-order chi connectivity index (χ1) is 14.7. The average molecular weight is 408 g/mol. The molecule has 0 saturated carbocycles. The summed E-state index contributed by atoms with van der Waals surface area (Å²) in [5, 5.41) is 3.15. The van der Waals surface area contributed by atoms with Crippen LogP contribution in [0.1, 0.15) is 42.0 Å². The van der Waals surface area contributed by atoms with Crippen molar-refractivity contribution in [2.24, 2.45) is 5.92 Å². The Bertz CT molecular complexity index is 903. The zero-order chi connectivity index (χ0) is 20.5. The van der Waals surface area contributed by atoms with E-state index in [0.717, 1.165) is 50.9 Å². The van der Waals surface area contributed by atoms with Crippen LogP contribution in [0, 0.1) is 11.7 Å². The molecule has 3 heterocycles. The van der Waals surface area contributed by atoms with Gasteiger partial charge in [-0.3, -0.25) is 4.90 Å². The van der Waals surface area contributed by atoms with E-state index in [1.165, 1.54) is 17.5 Å². The number of hydrogen-bond donors (Lipinski definition) is 1. The van der Waals surface area contributed by atoms with E-state index < -0.39 is 0 Å². The number of urea groups is 1. The summed E-state index contributed by atoms with van der Waals surface area (Å²) in [4.78, 5) is 17.6. The minimum absolute atomic E-state index is 0.0596. The van der Waals surface area contributed by atoms with Crippen molar-refractivity contribution in [3.05, 3.63) is 71.0 Å². The lowest BCUT2D eigenvalue weighted by Gasteiger charge is -2.52. The van der Waals surface area contributed by atoms with Gasteiger partial charge in [0, 0.05) is 38.3 Å². The number of nitrogens with one attached hydrogen (secondary N) is 1. The smallest absolute Gasteiger partial charge is 0.317 e. The van der Waals surface area contributed by atoms with Crippen molar-refractivity contribution in [1.29, 1.82) is 0 Å². The molecule has 3 aliphatic rings. The Labute approximate surface area is 178 Å². The van der Waals surface area contributed by atoms with Gasteiger partial charge in [-0.25, -0.2) is 9.18 Å². The maximum Gasteiger partial charge on any atom is 0.317 e. The number of piperidine rings is 2. The summed E-state index contributed by atoms with van der Waals surface area (Å²) < 4.78 is 14.0. The third-order valence-electron chi connectivity index (χ3n) is 7.22. The fourth-order valence-corrected chi connectivity index (χ4v) is 5.73. The number of benzene rings is 2. The summed E-state index contributed by atoms with van der Waals surface area (Å²) in [7, 11) is 0. The second-order valence-electron chi connectivity index (χ2n) is 8.97. The van der Waals surface area contributed by atoms with E-state index in [4.69, 9.17) is 0 Å². The first-order valence-electron chi connectivity index (χ1n) is 11.3. The van der Waals surface area contributed by atoms with Crippen LogP contribution < -0.4 is 5.32 Å². The minimum Gasteiger partial charge on any atom is -0.338 e. The van der Waals surface area contributed by atoms with Crippen molar-refractivity contribution in [1.82, 2.24) is 15.1 Å². The number of halogens is 1. The number of likely N-dealkylation sites (tertiary alicyclic amines) is 1. The lowest BCUT2D eigenvalue weighted by Crippen LogP contribution is -2.59. The molecule has 2 aromatic carbocycles. The molecular formula is C25H30FN3O. The quantitative estimate of drug-likeness (QED) is 0.829. The van der Waals surface area contributed by atoms with Gasteiger partial charge in [0.15, 0.2) is 0 Å². The van der Waals surface area contributed by atoms with E-state index >= 15 is 0 Å². The van der Waals surface area contributed by atoms with Gasteiger partial charge in [-0.05, 0) is 66.8 Å². The summed E-state index contributed by atoms with van der Waals surface area (Å²) >= 11 is 0. The van der Waals surface area contributed by atoms with Crippen LogP contribution in [0.25, 0.3) is 0 Å². The zero-order valence-corrected chi connectivity index (χ0v) is 17.4. The number of nitrogens with zero attached hydrogens (tertiary/aromatic N) is 2. The molecule has 0 aliphatic carbocycles. The molecule has 1 N–H and O–H groups in total. The van der Waals surface area contributed by atoms with Crippen LogP contribution in [0.4, 0.5) is 9.18 Å². The van der Waals surface area contributed by atoms with Crippen molar-refractivity contribution in [2.75, 3.05) is 26.2 Å². The Morgan fingerprint density at radius 3 is 2.87 bits per heavy atom. The molecule has 0 aromatic heterocycles. The van der Waals surface area contributed by atoms with Crippen LogP contribution in [-0.2, 0) is 12.8 Å². The number of fused-ring (bicyclic) bond motifs is 4. The highest BCUT2D eigenvalue weighted by Crippen LogP contribution is 2.43. The van der Waals surface area contributed by atoms with Crippen molar-refractivity contribution in [3.8, 4) is 0 Å². The standard InChI is InChI=1S/C25H30FN3O/c26-21-9-8-19-11-14-28-17-20-7-4-13-29(23(20)16-24(28)22(19)15-21)25(30)27-12-10-18-5-2-1-3-6-18/h1-3,5-6,8-9,15,20,23-24H,4,7,10-14,16-17H2,(H,27,30)/t20-,23+,24+/m1/s1. The average Bonchev–Trinajstić information content (AvgIpc) is 2.78. The van der Waals surface area contributed by atoms with Crippen LogP contribution in [0.5, 0.6) is 0 Å². The normalized spacial score (nSPS) is 25.8. The lowest BCUT2D eigenvalue weighted by molar-refractivity contribution is 0.00568. The molecule has 2 amide bonds. The SMILES string of the molecule is O=C(NCCc1ccccc1)N1CCC[C@@H]2CN3CCc4ccc(F)cc4[C@@H]3C[C@@H]21. The highest BCUT2D eigenvalue weighted by molar-refractivity contribution is 5.74.